The van der Waals surface area contributed by atoms with Crippen molar-refractivity contribution in [1.82, 2.24) is 0 Å². The summed E-state index contributed by atoms with van der Waals surface area (Å²) in [5.41, 5.74) is 6.50. The van der Waals surface area contributed by atoms with Gasteiger partial charge < -0.3 is 14.7 Å². The first kappa shape index (κ1) is 16.9. The Labute approximate surface area is 150 Å². The van der Waals surface area contributed by atoms with Crippen molar-refractivity contribution < 1.29 is 14.7 Å². The van der Waals surface area contributed by atoms with Crippen LogP contribution in [0, 0.1) is 6.92 Å². The highest BCUT2D eigenvalue weighted by Gasteiger charge is 2.29. The quantitative estimate of drug-likeness (QED) is 0.744. The van der Waals surface area contributed by atoms with Crippen molar-refractivity contribution in [3.05, 3.63) is 58.1 Å². The van der Waals surface area contributed by atoms with Crippen LogP contribution in [0.2, 0.25) is 0 Å². The number of hydrogen-bond donors (Lipinski definition) is 2. The minimum Gasteiger partial charge on any atom is -0.508 e. The van der Waals surface area contributed by atoms with Gasteiger partial charge in [0.1, 0.15) is 17.8 Å². The average molecular weight is 356 g/mol. The van der Waals surface area contributed by atoms with Gasteiger partial charge in [0.2, 0.25) is 0 Å². The predicted octanol–water partition coefficient (Wildman–Crippen LogP) is 4.97. The molecule has 0 aliphatic heterocycles. The summed E-state index contributed by atoms with van der Waals surface area (Å²) in [7, 11) is -0.183. The molecule has 2 N–H and O–H groups in total. The lowest BCUT2D eigenvalue weighted by Crippen LogP contribution is -2.10. The van der Waals surface area contributed by atoms with Crippen LogP contribution in [0.25, 0.3) is 0 Å². The Hall–Kier alpha value is -1.57. The summed E-state index contributed by atoms with van der Waals surface area (Å²) in [6.45, 7) is 2.15. The maximum Gasteiger partial charge on any atom is 0.129 e. The maximum atomic E-state index is 10.2. The fraction of sp³-hybridized carbons (Fsp3) is 0.429. The van der Waals surface area contributed by atoms with Crippen LogP contribution < -0.4 is 4.74 Å². The van der Waals surface area contributed by atoms with Crippen LogP contribution >= 0.6 is 8.81 Å². The molecule has 4 heteroatoms. The Morgan fingerprint density at radius 1 is 1.16 bits per heavy atom. The van der Waals surface area contributed by atoms with Gasteiger partial charge in [-0.15, -0.1) is 0 Å². The Balaban J connectivity index is 1.66. The summed E-state index contributed by atoms with van der Waals surface area (Å²) in [6, 6.07) is 10.4. The number of hydrogen-bond acceptors (Lipinski definition) is 3. The first-order valence-corrected chi connectivity index (χ1v) is 10.3. The molecule has 2 aromatic carbocycles. The SMILES string of the molecule is Cc1cc(OCPO)cc2c1C(c1ccc(O)c(C3CCC3)c1)CC2. The first-order valence-electron chi connectivity index (χ1n) is 9.13. The van der Waals surface area contributed by atoms with E-state index in [0.29, 0.717) is 23.9 Å². The van der Waals surface area contributed by atoms with Crippen LogP contribution in [-0.2, 0) is 6.42 Å². The number of aryl methyl sites for hydroxylation is 2. The molecule has 0 spiro atoms. The monoisotopic (exact) mass is 356 g/mol. The van der Waals surface area contributed by atoms with Gasteiger partial charge in [-0.2, -0.15) is 0 Å². The van der Waals surface area contributed by atoms with E-state index in [1.807, 2.05) is 6.07 Å². The molecule has 0 radical (unpaired) electrons. The van der Waals surface area contributed by atoms with Crippen LogP contribution in [0.1, 0.15) is 65.3 Å². The van der Waals surface area contributed by atoms with Crippen molar-refractivity contribution in [2.75, 3.05) is 6.35 Å². The van der Waals surface area contributed by atoms with Crippen molar-refractivity contribution >= 4 is 8.81 Å². The van der Waals surface area contributed by atoms with Gasteiger partial charge in [0.25, 0.3) is 0 Å². The lowest BCUT2D eigenvalue weighted by atomic mass is 9.78. The lowest BCUT2D eigenvalue weighted by Gasteiger charge is -2.27. The number of benzene rings is 2. The molecule has 25 heavy (non-hydrogen) atoms. The Morgan fingerprint density at radius 3 is 2.72 bits per heavy atom. The third kappa shape index (κ3) is 3.16. The number of phenols is 1. The van der Waals surface area contributed by atoms with E-state index < -0.39 is 0 Å². The van der Waals surface area contributed by atoms with Gasteiger partial charge >= 0.3 is 0 Å². The van der Waals surface area contributed by atoms with Gasteiger partial charge in [-0.1, -0.05) is 18.6 Å². The van der Waals surface area contributed by atoms with Gasteiger partial charge in [-0.05, 0) is 84.5 Å². The predicted molar refractivity (Wildman–Crippen MR) is 102 cm³/mol. The minimum absolute atomic E-state index is 0.183. The minimum atomic E-state index is -0.183. The van der Waals surface area contributed by atoms with E-state index in [-0.39, 0.29) is 8.81 Å². The van der Waals surface area contributed by atoms with E-state index in [9.17, 15) is 5.11 Å². The van der Waals surface area contributed by atoms with Crippen molar-refractivity contribution in [2.24, 2.45) is 0 Å². The van der Waals surface area contributed by atoms with Crippen LogP contribution in [0.4, 0.5) is 0 Å². The molecule has 2 aliphatic rings. The van der Waals surface area contributed by atoms with Crippen molar-refractivity contribution in [3.8, 4) is 11.5 Å². The number of rotatable bonds is 5. The van der Waals surface area contributed by atoms with Crippen molar-refractivity contribution in [2.45, 2.75) is 50.9 Å². The average Bonchev–Trinajstić information content (AvgIpc) is 2.98. The van der Waals surface area contributed by atoms with E-state index in [1.165, 1.54) is 41.5 Å². The van der Waals surface area contributed by atoms with Gasteiger partial charge in [0, 0.05) is 14.7 Å². The Kier molecular flexibility index (Phi) is 4.71. The zero-order valence-electron chi connectivity index (χ0n) is 14.6. The molecule has 0 saturated heterocycles. The Morgan fingerprint density at radius 2 is 2.00 bits per heavy atom. The second-order valence-electron chi connectivity index (χ2n) is 7.30. The molecule has 2 unspecified atom stereocenters. The number of phenolic OH excluding ortho intramolecular Hbond substituents is 1. The molecular formula is C21H25O3P. The van der Waals surface area contributed by atoms with E-state index in [1.54, 1.807) is 0 Å². The van der Waals surface area contributed by atoms with Crippen molar-refractivity contribution in [3.63, 3.8) is 0 Å². The molecule has 2 aliphatic carbocycles. The fourth-order valence-corrected chi connectivity index (χ4v) is 4.58. The molecule has 0 bridgehead atoms. The van der Waals surface area contributed by atoms with E-state index in [4.69, 9.17) is 9.63 Å². The van der Waals surface area contributed by atoms with E-state index >= 15 is 0 Å². The lowest BCUT2D eigenvalue weighted by molar-refractivity contribution is 0.379. The topological polar surface area (TPSA) is 49.7 Å². The Bertz CT molecular complexity index is 783. The highest BCUT2D eigenvalue weighted by Crippen LogP contribution is 2.45. The summed E-state index contributed by atoms with van der Waals surface area (Å²) in [5.74, 6) is 2.26. The number of aromatic hydroxyl groups is 1. The van der Waals surface area contributed by atoms with Gasteiger partial charge in [-0.3, -0.25) is 0 Å². The van der Waals surface area contributed by atoms with Gasteiger partial charge in [0.05, 0.1) is 0 Å². The largest absolute Gasteiger partial charge is 0.508 e. The maximum absolute atomic E-state index is 10.2. The molecule has 2 atom stereocenters. The highest BCUT2D eigenvalue weighted by atomic mass is 31.1. The molecule has 132 valence electrons. The van der Waals surface area contributed by atoms with Crippen LogP contribution in [0.5, 0.6) is 11.5 Å². The third-order valence-corrected chi connectivity index (χ3v) is 6.07. The second-order valence-corrected chi connectivity index (χ2v) is 7.90. The van der Waals surface area contributed by atoms with Crippen LogP contribution in [0.15, 0.2) is 30.3 Å². The van der Waals surface area contributed by atoms with Crippen molar-refractivity contribution in [1.29, 1.82) is 0 Å². The van der Waals surface area contributed by atoms with Gasteiger partial charge in [-0.25, -0.2) is 0 Å². The zero-order valence-corrected chi connectivity index (χ0v) is 15.6. The van der Waals surface area contributed by atoms with E-state index in [2.05, 4.69) is 31.2 Å². The summed E-state index contributed by atoms with van der Waals surface area (Å²) >= 11 is 0. The molecule has 2 aromatic rings. The van der Waals surface area contributed by atoms with Crippen LogP contribution in [0.3, 0.4) is 0 Å². The molecule has 1 saturated carbocycles. The molecule has 0 amide bonds. The molecule has 0 heterocycles. The molecule has 1 fully saturated rings. The third-order valence-electron chi connectivity index (χ3n) is 5.80. The number of ether oxygens (including phenoxy) is 1. The van der Waals surface area contributed by atoms with Crippen LogP contribution in [-0.4, -0.2) is 16.3 Å². The fourth-order valence-electron chi connectivity index (χ4n) is 4.35. The van der Waals surface area contributed by atoms with E-state index in [0.717, 1.165) is 24.2 Å². The molecule has 0 aromatic heterocycles. The van der Waals surface area contributed by atoms with Gasteiger partial charge in [0.15, 0.2) is 0 Å². The summed E-state index contributed by atoms with van der Waals surface area (Å²) in [4.78, 5) is 8.98. The summed E-state index contributed by atoms with van der Waals surface area (Å²) in [6.07, 6.45) is 6.20. The zero-order chi connectivity index (χ0) is 17.4. The first-order chi connectivity index (χ1) is 12.2. The molecule has 3 nitrogen and oxygen atoms in total. The summed E-state index contributed by atoms with van der Waals surface area (Å²) < 4.78 is 5.62. The molecular weight excluding hydrogens is 331 g/mol. The summed E-state index contributed by atoms with van der Waals surface area (Å²) in [5, 5.41) is 10.2. The smallest absolute Gasteiger partial charge is 0.129 e. The normalized spacial score (nSPS) is 20.0. The number of fused-ring (bicyclic) bond motifs is 1. The second kappa shape index (κ2) is 6.97. The highest BCUT2D eigenvalue weighted by molar-refractivity contribution is 7.30. The standard InChI is InChI=1S/C21H25O3P/c1-13-9-17(24-12-25-23)10-16-5-7-18(21(13)16)15-6-8-20(22)19(11-15)14-3-2-4-14/h6,8-11,14,18,22-23,25H,2-5,7,12H2,1H3. The molecule has 4 rings (SSSR count).